The fraction of sp³-hybridized carbons (Fsp3) is 0.312. The van der Waals surface area contributed by atoms with Crippen molar-refractivity contribution in [2.24, 2.45) is 0 Å². The average molecular weight is 334 g/mol. The minimum Gasteiger partial charge on any atom is -0.480 e. The van der Waals surface area contributed by atoms with E-state index in [1.54, 1.807) is 25.1 Å². The Morgan fingerprint density at radius 2 is 2.00 bits per heavy atom. The van der Waals surface area contributed by atoms with Crippen LogP contribution in [0.5, 0.6) is 11.5 Å². The number of carbonyl (C=O) groups is 3. The minimum absolute atomic E-state index is 0.0546. The van der Waals surface area contributed by atoms with Gasteiger partial charge >= 0.3 is 5.97 Å². The van der Waals surface area contributed by atoms with Gasteiger partial charge in [0, 0.05) is 6.92 Å². The summed E-state index contributed by atoms with van der Waals surface area (Å²) in [6, 6.07) is 4.00. The van der Waals surface area contributed by atoms with Crippen molar-refractivity contribution >= 4 is 23.9 Å². The smallest absolute Gasteiger partial charge is 0.326 e. The van der Waals surface area contributed by atoms with E-state index in [1.807, 2.05) is 0 Å². The molecular formula is C16H18N2O6. The maximum atomic E-state index is 12.3. The molecule has 0 aromatic heterocycles. The molecule has 0 fully saturated rings. The first-order valence-electron chi connectivity index (χ1n) is 7.33. The van der Waals surface area contributed by atoms with Crippen LogP contribution in [0.2, 0.25) is 0 Å². The fourth-order valence-corrected chi connectivity index (χ4v) is 2.09. The summed E-state index contributed by atoms with van der Waals surface area (Å²) < 4.78 is 10.5. The molecule has 1 unspecified atom stereocenters. The zero-order valence-electron chi connectivity index (χ0n) is 13.3. The van der Waals surface area contributed by atoms with E-state index < -0.39 is 23.8 Å². The Morgan fingerprint density at radius 3 is 2.62 bits per heavy atom. The molecule has 8 nitrogen and oxygen atoms in total. The van der Waals surface area contributed by atoms with Crippen molar-refractivity contribution < 1.29 is 29.0 Å². The predicted octanol–water partition coefficient (Wildman–Crippen LogP) is 0.872. The summed E-state index contributed by atoms with van der Waals surface area (Å²) in [5.41, 5.74) is 0.544. The molecule has 1 heterocycles. The standard InChI is InChI=1S/C16H18N2O6/c1-3-11(16(21)22)18-15(20)12(17-9(2)19)6-10-4-5-13-14(7-10)24-8-23-13/h4-7,11H,3,8H2,1-2H3,(H,17,19)(H,18,20)(H,21,22). The second kappa shape index (κ2) is 7.49. The molecule has 0 radical (unpaired) electrons. The van der Waals surface area contributed by atoms with Crippen molar-refractivity contribution in [2.45, 2.75) is 26.3 Å². The van der Waals surface area contributed by atoms with Crippen molar-refractivity contribution in [3.63, 3.8) is 0 Å². The first kappa shape index (κ1) is 17.3. The third-order valence-corrected chi connectivity index (χ3v) is 3.27. The SMILES string of the molecule is CCC(NC(=O)C(=Cc1ccc2c(c1)OCO2)NC(C)=O)C(=O)O. The van der Waals surface area contributed by atoms with E-state index in [4.69, 9.17) is 14.6 Å². The highest BCUT2D eigenvalue weighted by atomic mass is 16.7. The van der Waals surface area contributed by atoms with Crippen molar-refractivity contribution in [2.75, 3.05) is 6.79 Å². The van der Waals surface area contributed by atoms with Crippen LogP contribution < -0.4 is 20.1 Å². The maximum Gasteiger partial charge on any atom is 0.326 e. The molecule has 1 atom stereocenters. The highest BCUT2D eigenvalue weighted by Crippen LogP contribution is 2.32. The normalized spacial score (nSPS) is 14.0. The Balaban J connectivity index is 2.25. The molecule has 0 bridgehead atoms. The molecule has 1 aromatic carbocycles. The Morgan fingerprint density at radius 1 is 1.29 bits per heavy atom. The number of carbonyl (C=O) groups excluding carboxylic acids is 2. The quantitative estimate of drug-likeness (QED) is 0.665. The number of benzene rings is 1. The van der Waals surface area contributed by atoms with Gasteiger partial charge in [0.2, 0.25) is 12.7 Å². The van der Waals surface area contributed by atoms with Gasteiger partial charge < -0.3 is 25.2 Å². The highest BCUT2D eigenvalue weighted by molar-refractivity contribution is 6.02. The molecule has 0 spiro atoms. The summed E-state index contributed by atoms with van der Waals surface area (Å²) in [6.07, 6.45) is 1.66. The van der Waals surface area contributed by atoms with Crippen LogP contribution in [-0.4, -0.2) is 35.7 Å². The lowest BCUT2D eigenvalue weighted by molar-refractivity contribution is -0.141. The van der Waals surface area contributed by atoms with E-state index in [1.165, 1.54) is 13.0 Å². The van der Waals surface area contributed by atoms with Gasteiger partial charge in [-0.1, -0.05) is 13.0 Å². The van der Waals surface area contributed by atoms with E-state index >= 15 is 0 Å². The van der Waals surface area contributed by atoms with Gasteiger partial charge in [-0.3, -0.25) is 9.59 Å². The molecule has 2 amide bonds. The number of ether oxygens (including phenoxy) is 2. The number of amides is 2. The second-order valence-electron chi connectivity index (χ2n) is 5.12. The van der Waals surface area contributed by atoms with Crippen LogP contribution in [0.3, 0.4) is 0 Å². The van der Waals surface area contributed by atoms with Crippen LogP contribution in [-0.2, 0) is 14.4 Å². The van der Waals surface area contributed by atoms with Gasteiger partial charge in [-0.25, -0.2) is 4.79 Å². The van der Waals surface area contributed by atoms with Gasteiger partial charge in [-0.2, -0.15) is 0 Å². The molecule has 0 saturated heterocycles. The average Bonchev–Trinajstić information content (AvgIpc) is 2.98. The maximum absolute atomic E-state index is 12.3. The number of hydrogen-bond acceptors (Lipinski definition) is 5. The van der Waals surface area contributed by atoms with Crippen LogP contribution in [0.1, 0.15) is 25.8 Å². The molecule has 8 heteroatoms. The van der Waals surface area contributed by atoms with Gasteiger partial charge in [-0.15, -0.1) is 0 Å². The van der Waals surface area contributed by atoms with E-state index in [0.717, 1.165) is 0 Å². The van der Waals surface area contributed by atoms with E-state index in [-0.39, 0.29) is 18.9 Å². The number of fused-ring (bicyclic) bond motifs is 1. The van der Waals surface area contributed by atoms with Gasteiger partial charge in [0.05, 0.1) is 0 Å². The number of aliphatic carboxylic acids is 1. The molecule has 1 aliphatic heterocycles. The molecule has 1 aliphatic rings. The monoisotopic (exact) mass is 334 g/mol. The molecular weight excluding hydrogens is 316 g/mol. The predicted molar refractivity (Wildman–Crippen MR) is 84.2 cm³/mol. The molecule has 0 aliphatic carbocycles. The van der Waals surface area contributed by atoms with Crippen molar-refractivity contribution in [1.29, 1.82) is 0 Å². The molecule has 24 heavy (non-hydrogen) atoms. The molecule has 3 N–H and O–H groups in total. The van der Waals surface area contributed by atoms with Crippen LogP contribution in [0, 0.1) is 0 Å². The van der Waals surface area contributed by atoms with Crippen LogP contribution in [0.15, 0.2) is 23.9 Å². The number of nitrogens with one attached hydrogen (secondary N) is 2. The van der Waals surface area contributed by atoms with Crippen LogP contribution >= 0.6 is 0 Å². The molecule has 2 rings (SSSR count). The third-order valence-electron chi connectivity index (χ3n) is 3.27. The number of hydrogen-bond donors (Lipinski definition) is 3. The van der Waals surface area contributed by atoms with E-state index in [9.17, 15) is 14.4 Å². The summed E-state index contributed by atoms with van der Waals surface area (Å²) >= 11 is 0. The lowest BCUT2D eigenvalue weighted by Crippen LogP contribution is -2.43. The van der Waals surface area contributed by atoms with Gasteiger partial charge in [0.1, 0.15) is 11.7 Å². The van der Waals surface area contributed by atoms with E-state index in [0.29, 0.717) is 17.1 Å². The first-order chi connectivity index (χ1) is 11.4. The van der Waals surface area contributed by atoms with Crippen LogP contribution in [0.25, 0.3) is 6.08 Å². The molecule has 128 valence electrons. The molecule has 1 aromatic rings. The summed E-state index contributed by atoms with van der Waals surface area (Å²) in [7, 11) is 0. The van der Waals surface area contributed by atoms with Gasteiger partial charge in [-0.05, 0) is 30.2 Å². The first-order valence-corrected chi connectivity index (χ1v) is 7.33. The summed E-state index contributed by atoms with van der Waals surface area (Å²) in [5, 5.41) is 13.8. The topological polar surface area (TPSA) is 114 Å². The Labute approximate surface area is 138 Å². The number of carboxylic acids is 1. The van der Waals surface area contributed by atoms with E-state index in [2.05, 4.69) is 10.6 Å². The van der Waals surface area contributed by atoms with Gasteiger partial charge in [0.15, 0.2) is 11.5 Å². The lowest BCUT2D eigenvalue weighted by Gasteiger charge is -2.14. The minimum atomic E-state index is -1.14. The zero-order valence-corrected chi connectivity index (χ0v) is 13.3. The summed E-state index contributed by atoms with van der Waals surface area (Å²) in [5.74, 6) is -1.15. The summed E-state index contributed by atoms with van der Waals surface area (Å²) in [4.78, 5) is 34.7. The van der Waals surface area contributed by atoms with Gasteiger partial charge in [0.25, 0.3) is 5.91 Å². The van der Waals surface area contributed by atoms with Crippen molar-refractivity contribution in [3.05, 3.63) is 29.5 Å². The summed E-state index contributed by atoms with van der Waals surface area (Å²) in [6.45, 7) is 3.02. The zero-order chi connectivity index (χ0) is 17.7. The lowest BCUT2D eigenvalue weighted by atomic mass is 10.1. The Kier molecular flexibility index (Phi) is 5.41. The third kappa shape index (κ3) is 4.25. The Hall–Kier alpha value is -3.03. The van der Waals surface area contributed by atoms with Crippen molar-refractivity contribution in [3.8, 4) is 11.5 Å². The highest BCUT2D eigenvalue weighted by Gasteiger charge is 2.21. The van der Waals surface area contributed by atoms with Crippen molar-refractivity contribution in [1.82, 2.24) is 10.6 Å². The largest absolute Gasteiger partial charge is 0.480 e. The Bertz CT molecular complexity index is 698. The fourth-order valence-electron chi connectivity index (χ4n) is 2.09. The number of rotatable bonds is 6. The molecule has 0 saturated carbocycles. The number of carboxylic acid groups (broad SMARTS) is 1. The van der Waals surface area contributed by atoms with Crippen LogP contribution in [0.4, 0.5) is 0 Å². The second-order valence-corrected chi connectivity index (χ2v) is 5.12.